The van der Waals surface area contributed by atoms with Gasteiger partial charge in [0.15, 0.2) is 0 Å². The molecule has 0 spiro atoms. The van der Waals surface area contributed by atoms with E-state index in [4.69, 9.17) is 0 Å². The predicted molar refractivity (Wildman–Crippen MR) is 66.4 cm³/mol. The molecule has 1 fully saturated rings. The van der Waals surface area contributed by atoms with E-state index in [0.717, 1.165) is 25.2 Å². The van der Waals surface area contributed by atoms with E-state index in [-0.39, 0.29) is 0 Å². The lowest BCUT2D eigenvalue weighted by Gasteiger charge is -2.40. The van der Waals surface area contributed by atoms with Gasteiger partial charge in [0.2, 0.25) is 0 Å². The number of hydrogen-bond donors (Lipinski definition) is 1. The van der Waals surface area contributed by atoms with Crippen molar-refractivity contribution in [1.29, 1.82) is 0 Å². The van der Waals surface area contributed by atoms with Crippen LogP contribution in [0.2, 0.25) is 0 Å². The van der Waals surface area contributed by atoms with Gasteiger partial charge in [0.05, 0.1) is 5.69 Å². The van der Waals surface area contributed by atoms with Crippen molar-refractivity contribution in [1.82, 2.24) is 20.4 Å². The first-order valence-corrected chi connectivity index (χ1v) is 6.70. The average Bonchev–Trinajstić information content (AvgIpc) is 2.73. The van der Waals surface area contributed by atoms with E-state index in [0.29, 0.717) is 12.1 Å². The number of piperidine rings is 1. The fourth-order valence-corrected chi connectivity index (χ4v) is 3.09. The SMILES string of the molecule is CC1CCCC(C)N1n1nnc2c1CCNC2. The predicted octanol–water partition coefficient (Wildman–Crippen LogP) is 0.823. The molecular weight excluding hydrogens is 214 g/mol. The Morgan fingerprint density at radius 3 is 2.76 bits per heavy atom. The van der Waals surface area contributed by atoms with Gasteiger partial charge < -0.3 is 5.32 Å². The number of nitrogens with zero attached hydrogens (tertiary/aromatic N) is 4. The van der Waals surface area contributed by atoms with Crippen LogP contribution in [-0.2, 0) is 13.0 Å². The number of aromatic nitrogens is 3. The van der Waals surface area contributed by atoms with Crippen molar-refractivity contribution in [3.8, 4) is 0 Å². The summed E-state index contributed by atoms with van der Waals surface area (Å²) in [4.78, 5) is 2.09. The lowest BCUT2D eigenvalue weighted by molar-refractivity contribution is 0.308. The second-order valence-corrected chi connectivity index (χ2v) is 5.31. The summed E-state index contributed by atoms with van der Waals surface area (Å²) < 4.78 is 0. The van der Waals surface area contributed by atoms with Crippen LogP contribution in [0.5, 0.6) is 0 Å². The molecule has 5 nitrogen and oxygen atoms in total. The first-order valence-electron chi connectivity index (χ1n) is 6.70. The molecule has 0 amide bonds. The van der Waals surface area contributed by atoms with E-state index in [1.54, 1.807) is 0 Å². The maximum atomic E-state index is 4.37. The maximum Gasteiger partial charge on any atom is 0.102 e. The van der Waals surface area contributed by atoms with Crippen molar-refractivity contribution >= 4 is 0 Å². The summed E-state index contributed by atoms with van der Waals surface area (Å²) in [5, 5.41) is 14.4. The van der Waals surface area contributed by atoms with Crippen LogP contribution in [0.25, 0.3) is 0 Å². The molecule has 1 aromatic heterocycles. The molecule has 0 bridgehead atoms. The second kappa shape index (κ2) is 4.29. The van der Waals surface area contributed by atoms with E-state index in [1.165, 1.54) is 25.0 Å². The standard InChI is InChI=1S/C12H21N5/c1-9-4-3-5-10(2)16(9)17-12-6-7-13-8-11(12)14-15-17/h9-10,13H,3-8H2,1-2H3. The highest BCUT2D eigenvalue weighted by molar-refractivity contribution is 5.17. The molecule has 17 heavy (non-hydrogen) atoms. The van der Waals surface area contributed by atoms with Gasteiger partial charge in [0.1, 0.15) is 5.69 Å². The van der Waals surface area contributed by atoms with E-state index in [9.17, 15) is 0 Å². The summed E-state index contributed by atoms with van der Waals surface area (Å²) in [5.41, 5.74) is 2.44. The average molecular weight is 235 g/mol. The number of hydrogen-bond acceptors (Lipinski definition) is 4. The Morgan fingerprint density at radius 2 is 2.00 bits per heavy atom. The van der Waals surface area contributed by atoms with Gasteiger partial charge in [0.25, 0.3) is 0 Å². The molecule has 1 aromatic rings. The van der Waals surface area contributed by atoms with Crippen LogP contribution in [0, 0.1) is 0 Å². The minimum Gasteiger partial charge on any atom is -0.311 e. The minimum absolute atomic E-state index is 0.569. The molecular formula is C12H21N5. The van der Waals surface area contributed by atoms with Gasteiger partial charge in [-0.25, -0.2) is 0 Å². The molecule has 2 unspecified atom stereocenters. The molecule has 1 saturated heterocycles. The fourth-order valence-electron chi connectivity index (χ4n) is 3.09. The van der Waals surface area contributed by atoms with Gasteiger partial charge in [-0.1, -0.05) is 0 Å². The summed E-state index contributed by atoms with van der Waals surface area (Å²) in [6, 6.07) is 1.14. The molecule has 2 aliphatic rings. The second-order valence-electron chi connectivity index (χ2n) is 5.31. The Kier molecular flexibility index (Phi) is 2.78. The van der Waals surface area contributed by atoms with Crippen LogP contribution in [-0.4, -0.2) is 33.7 Å². The van der Waals surface area contributed by atoms with Gasteiger partial charge in [-0.2, -0.15) is 4.79 Å². The first kappa shape index (κ1) is 11.0. The smallest absolute Gasteiger partial charge is 0.102 e. The molecule has 1 N–H and O–H groups in total. The van der Waals surface area contributed by atoms with Crippen molar-refractivity contribution in [3.05, 3.63) is 11.4 Å². The van der Waals surface area contributed by atoms with Crippen molar-refractivity contribution < 1.29 is 0 Å². The Morgan fingerprint density at radius 1 is 1.24 bits per heavy atom. The van der Waals surface area contributed by atoms with Crippen LogP contribution in [0.15, 0.2) is 0 Å². The third-order valence-electron chi connectivity index (χ3n) is 4.02. The quantitative estimate of drug-likeness (QED) is 0.783. The molecule has 3 heterocycles. The molecule has 0 radical (unpaired) electrons. The van der Waals surface area contributed by atoms with Crippen LogP contribution in [0.3, 0.4) is 0 Å². The van der Waals surface area contributed by atoms with Gasteiger partial charge in [-0.15, -0.1) is 5.10 Å². The van der Waals surface area contributed by atoms with Gasteiger partial charge in [-0.3, -0.25) is 5.01 Å². The summed E-state index contributed by atoms with van der Waals surface area (Å²) in [6.07, 6.45) is 4.89. The summed E-state index contributed by atoms with van der Waals surface area (Å²) in [6.45, 7) is 6.50. The number of rotatable bonds is 1. The van der Waals surface area contributed by atoms with E-state index >= 15 is 0 Å². The summed E-state index contributed by atoms with van der Waals surface area (Å²) in [5.74, 6) is 0. The summed E-state index contributed by atoms with van der Waals surface area (Å²) >= 11 is 0. The van der Waals surface area contributed by atoms with Crippen molar-refractivity contribution in [2.24, 2.45) is 0 Å². The highest BCUT2D eigenvalue weighted by atomic mass is 15.7. The van der Waals surface area contributed by atoms with Gasteiger partial charge >= 0.3 is 0 Å². The normalized spacial score (nSPS) is 29.2. The molecule has 5 heteroatoms. The van der Waals surface area contributed by atoms with Gasteiger partial charge in [0, 0.05) is 31.6 Å². The third-order valence-corrected chi connectivity index (χ3v) is 4.02. The zero-order valence-corrected chi connectivity index (χ0v) is 10.7. The van der Waals surface area contributed by atoms with Gasteiger partial charge in [-0.05, 0) is 38.3 Å². The van der Waals surface area contributed by atoms with Crippen LogP contribution in [0.1, 0.15) is 44.5 Å². The Bertz CT molecular complexity index is 390. The molecule has 0 aliphatic carbocycles. The Balaban J connectivity index is 1.94. The molecule has 2 aliphatic heterocycles. The fraction of sp³-hybridized carbons (Fsp3) is 0.833. The lowest BCUT2D eigenvalue weighted by atomic mass is 10.00. The van der Waals surface area contributed by atoms with E-state index in [1.807, 2.05) is 0 Å². The van der Waals surface area contributed by atoms with E-state index in [2.05, 4.69) is 39.3 Å². The van der Waals surface area contributed by atoms with Crippen molar-refractivity contribution in [2.45, 2.75) is 58.2 Å². The monoisotopic (exact) mass is 235 g/mol. The molecule has 3 rings (SSSR count). The van der Waals surface area contributed by atoms with Crippen molar-refractivity contribution in [3.63, 3.8) is 0 Å². The maximum absolute atomic E-state index is 4.37. The topological polar surface area (TPSA) is 46.0 Å². The summed E-state index contributed by atoms with van der Waals surface area (Å²) in [7, 11) is 0. The van der Waals surface area contributed by atoms with E-state index < -0.39 is 0 Å². The number of nitrogens with one attached hydrogen (secondary N) is 1. The molecule has 94 valence electrons. The first-order chi connectivity index (χ1) is 8.27. The number of fused-ring (bicyclic) bond motifs is 1. The highest BCUT2D eigenvalue weighted by Crippen LogP contribution is 2.23. The Hall–Kier alpha value is -1.10. The van der Waals surface area contributed by atoms with Crippen LogP contribution < -0.4 is 10.3 Å². The molecule has 2 atom stereocenters. The molecule has 0 aromatic carbocycles. The Labute approximate surface area is 102 Å². The lowest BCUT2D eigenvalue weighted by Crippen LogP contribution is -2.52. The van der Waals surface area contributed by atoms with Crippen LogP contribution in [0.4, 0.5) is 0 Å². The molecule has 0 saturated carbocycles. The highest BCUT2D eigenvalue weighted by Gasteiger charge is 2.29. The van der Waals surface area contributed by atoms with Crippen molar-refractivity contribution in [2.75, 3.05) is 11.6 Å². The largest absolute Gasteiger partial charge is 0.311 e. The zero-order chi connectivity index (χ0) is 11.8. The third kappa shape index (κ3) is 1.82. The minimum atomic E-state index is 0.569. The van der Waals surface area contributed by atoms with Crippen LogP contribution >= 0.6 is 0 Å². The zero-order valence-electron chi connectivity index (χ0n) is 10.7.